The van der Waals surface area contributed by atoms with Crippen LogP contribution in [0.4, 0.5) is 0 Å². The van der Waals surface area contributed by atoms with E-state index in [1.54, 1.807) is 0 Å². The summed E-state index contributed by atoms with van der Waals surface area (Å²) in [6.45, 7) is 3.21. The predicted molar refractivity (Wildman–Crippen MR) is 58.6 cm³/mol. The summed E-state index contributed by atoms with van der Waals surface area (Å²) < 4.78 is 0. The molecular weight excluding hydrogens is 200 g/mol. The molecule has 0 aromatic rings. The van der Waals surface area contributed by atoms with Crippen molar-refractivity contribution >= 4 is 18.3 Å². The minimum Gasteiger partial charge on any atom is -0.353 e. The van der Waals surface area contributed by atoms with Crippen LogP contribution in [0.15, 0.2) is 0 Å². The first-order chi connectivity index (χ1) is 6.25. The number of amides is 1. The number of hydrogen-bond donors (Lipinski definition) is 2. The van der Waals surface area contributed by atoms with Gasteiger partial charge in [-0.05, 0) is 39.2 Å². The smallest absolute Gasteiger partial charge is 0.223 e. The molecule has 2 fully saturated rings. The average Bonchev–Trinajstić information content (AvgIpc) is 2.85. The Morgan fingerprint density at radius 3 is 2.64 bits per heavy atom. The van der Waals surface area contributed by atoms with Gasteiger partial charge in [-0.15, -0.1) is 12.4 Å². The number of carbonyl (C=O) groups excluding carboxylic acids is 1. The Kier molecular flexibility index (Phi) is 4.20. The zero-order chi connectivity index (χ0) is 9.26. The molecule has 1 amide bonds. The van der Waals surface area contributed by atoms with Crippen molar-refractivity contribution in [1.29, 1.82) is 0 Å². The molecule has 0 aromatic heterocycles. The summed E-state index contributed by atoms with van der Waals surface area (Å²) in [6.07, 6.45) is 4.37. The third-order valence-electron chi connectivity index (χ3n) is 2.92. The SMILES string of the molecule is C[C@@H]1C[C@H](NC(=O)C2CC2)CCN1.Cl. The van der Waals surface area contributed by atoms with Gasteiger partial charge in [-0.3, -0.25) is 4.79 Å². The summed E-state index contributed by atoms with van der Waals surface area (Å²) in [7, 11) is 0. The summed E-state index contributed by atoms with van der Waals surface area (Å²) in [4.78, 5) is 11.4. The summed E-state index contributed by atoms with van der Waals surface area (Å²) in [5.74, 6) is 0.643. The first-order valence-electron chi connectivity index (χ1n) is 5.29. The minimum absolute atomic E-state index is 0. The van der Waals surface area contributed by atoms with E-state index in [4.69, 9.17) is 0 Å². The second-order valence-corrected chi connectivity index (χ2v) is 4.36. The van der Waals surface area contributed by atoms with Gasteiger partial charge in [-0.25, -0.2) is 0 Å². The normalized spacial score (nSPS) is 31.8. The second kappa shape index (κ2) is 4.99. The zero-order valence-electron chi connectivity index (χ0n) is 8.58. The molecule has 0 aromatic carbocycles. The van der Waals surface area contributed by atoms with Crippen molar-refractivity contribution in [1.82, 2.24) is 10.6 Å². The van der Waals surface area contributed by atoms with Crippen LogP contribution >= 0.6 is 12.4 Å². The Labute approximate surface area is 91.4 Å². The molecule has 1 heterocycles. The van der Waals surface area contributed by atoms with Crippen molar-refractivity contribution in [2.75, 3.05) is 6.54 Å². The van der Waals surface area contributed by atoms with Crippen LogP contribution in [0.2, 0.25) is 0 Å². The molecule has 0 radical (unpaired) electrons. The van der Waals surface area contributed by atoms with Gasteiger partial charge in [0.2, 0.25) is 5.91 Å². The van der Waals surface area contributed by atoms with Crippen molar-refractivity contribution in [2.45, 2.75) is 44.7 Å². The molecule has 0 bridgehead atoms. The Bertz CT molecular complexity index is 206. The van der Waals surface area contributed by atoms with Crippen molar-refractivity contribution in [3.63, 3.8) is 0 Å². The lowest BCUT2D eigenvalue weighted by Gasteiger charge is -2.28. The van der Waals surface area contributed by atoms with Crippen LogP contribution in [0.25, 0.3) is 0 Å². The minimum atomic E-state index is 0. The van der Waals surface area contributed by atoms with Gasteiger partial charge in [0.15, 0.2) is 0 Å². The molecule has 2 N–H and O–H groups in total. The van der Waals surface area contributed by atoms with Crippen LogP contribution < -0.4 is 10.6 Å². The van der Waals surface area contributed by atoms with E-state index in [1.807, 2.05) is 0 Å². The first kappa shape index (κ1) is 11.8. The van der Waals surface area contributed by atoms with E-state index in [1.165, 1.54) is 0 Å². The van der Waals surface area contributed by atoms with E-state index in [-0.39, 0.29) is 12.4 Å². The first-order valence-corrected chi connectivity index (χ1v) is 5.29. The molecule has 3 nitrogen and oxygen atoms in total. The number of halogens is 1. The number of piperidine rings is 1. The summed E-state index contributed by atoms with van der Waals surface area (Å²) in [6, 6.07) is 0.975. The molecule has 1 saturated heterocycles. The Morgan fingerprint density at radius 2 is 2.07 bits per heavy atom. The molecule has 2 aliphatic rings. The standard InChI is InChI=1S/C10H18N2O.ClH/c1-7-6-9(4-5-11-7)12-10(13)8-2-3-8;/h7-9,11H,2-6H2,1H3,(H,12,13);1H/t7-,9-;/m1./s1. The van der Waals surface area contributed by atoms with E-state index in [9.17, 15) is 4.79 Å². The van der Waals surface area contributed by atoms with Crippen molar-refractivity contribution in [3.05, 3.63) is 0 Å². The molecule has 4 heteroatoms. The molecule has 82 valence electrons. The maximum Gasteiger partial charge on any atom is 0.223 e. The average molecular weight is 219 g/mol. The Balaban J connectivity index is 0.000000980. The predicted octanol–water partition coefficient (Wildman–Crippen LogP) is 1.07. The Hall–Kier alpha value is -0.280. The third kappa shape index (κ3) is 3.14. The lowest BCUT2D eigenvalue weighted by atomic mass is 10.0. The van der Waals surface area contributed by atoms with Crippen molar-refractivity contribution in [2.24, 2.45) is 5.92 Å². The topological polar surface area (TPSA) is 41.1 Å². The van der Waals surface area contributed by atoms with Crippen LogP contribution in [-0.4, -0.2) is 24.5 Å². The second-order valence-electron chi connectivity index (χ2n) is 4.36. The Morgan fingerprint density at radius 1 is 1.36 bits per heavy atom. The molecule has 2 atom stereocenters. The molecule has 0 spiro atoms. The van der Waals surface area contributed by atoms with Gasteiger partial charge in [0, 0.05) is 18.0 Å². The van der Waals surface area contributed by atoms with Gasteiger partial charge in [0.1, 0.15) is 0 Å². The summed E-state index contributed by atoms with van der Waals surface area (Å²) in [5, 5.41) is 6.51. The number of carbonyl (C=O) groups is 1. The van der Waals surface area contributed by atoms with E-state index in [2.05, 4.69) is 17.6 Å². The fourth-order valence-corrected chi connectivity index (χ4v) is 1.93. The molecule has 1 aliphatic carbocycles. The van der Waals surface area contributed by atoms with Gasteiger partial charge >= 0.3 is 0 Å². The highest BCUT2D eigenvalue weighted by Crippen LogP contribution is 2.29. The summed E-state index contributed by atoms with van der Waals surface area (Å²) >= 11 is 0. The van der Waals surface area contributed by atoms with Crippen LogP contribution in [0.1, 0.15) is 32.6 Å². The largest absolute Gasteiger partial charge is 0.353 e. The van der Waals surface area contributed by atoms with E-state index in [0.717, 1.165) is 32.2 Å². The van der Waals surface area contributed by atoms with Crippen LogP contribution in [-0.2, 0) is 4.79 Å². The lowest BCUT2D eigenvalue weighted by molar-refractivity contribution is -0.123. The van der Waals surface area contributed by atoms with Crippen LogP contribution in [0.5, 0.6) is 0 Å². The molecule has 1 saturated carbocycles. The van der Waals surface area contributed by atoms with Gasteiger partial charge < -0.3 is 10.6 Å². The molecule has 0 unspecified atom stereocenters. The molecule has 1 aliphatic heterocycles. The van der Waals surface area contributed by atoms with Gasteiger partial charge in [-0.2, -0.15) is 0 Å². The molecule has 14 heavy (non-hydrogen) atoms. The van der Waals surface area contributed by atoms with Crippen LogP contribution in [0.3, 0.4) is 0 Å². The third-order valence-corrected chi connectivity index (χ3v) is 2.92. The highest BCUT2D eigenvalue weighted by Gasteiger charge is 2.31. The zero-order valence-corrected chi connectivity index (χ0v) is 9.40. The number of rotatable bonds is 2. The lowest BCUT2D eigenvalue weighted by Crippen LogP contribution is -2.46. The van der Waals surface area contributed by atoms with Gasteiger partial charge in [0.05, 0.1) is 0 Å². The summed E-state index contributed by atoms with van der Waals surface area (Å²) in [5.41, 5.74) is 0. The highest BCUT2D eigenvalue weighted by molar-refractivity contribution is 5.85. The molecular formula is C10H19ClN2O. The monoisotopic (exact) mass is 218 g/mol. The van der Waals surface area contributed by atoms with Crippen molar-refractivity contribution in [3.8, 4) is 0 Å². The maximum atomic E-state index is 11.4. The van der Waals surface area contributed by atoms with Crippen LogP contribution in [0, 0.1) is 5.92 Å². The highest BCUT2D eigenvalue weighted by atomic mass is 35.5. The van der Waals surface area contributed by atoms with E-state index in [0.29, 0.717) is 23.9 Å². The number of nitrogens with one attached hydrogen (secondary N) is 2. The van der Waals surface area contributed by atoms with E-state index < -0.39 is 0 Å². The fourth-order valence-electron chi connectivity index (χ4n) is 1.93. The maximum absolute atomic E-state index is 11.4. The molecule has 2 rings (SSSR count). The fraction of sp³-hybridized carbons (Fsp3) is 0.900. The number of hydrogen-bond acceptors (Lipinski definition) is 2. The quantitative estimate of drug-likeness (QED) is 0.728. The van der Waals surface area contributed by atoms with Gasteiger partial charge in [-0.1, -0.05) is 0 Å². The van der Waals surface area contributed by atoms with Crippen molar-refractivity contribution < 1.29 is 4.79 Å². The van der Waals surface area contributed by atoms with Gasteiger partial charge in [0.25, 0.3) is 0 Å². The van der Waals surface area contributed by atoms with E-state index >= 15 is 0 Å².